The average Bonchev–Trinajstić information content (AvgIpc) is 2.37. The highest BCUT2D eigenvalue weighted by atomic mass is 35.5. The van der Waals surface area contributed by atoms with Crippen molar-refractivity contribution in [2.45, 2.75) is 39.8 Å². The molecule has 1 rings (SSSR count). The minimum atomic E-state index is -0.169. The molecule has 0 fully saturated rings. The van der Waals surface area contributed by atoms with Gasteiger partial charge in [-0.3, -0.25) is 4.79 Å². The third kappa shape index (κ3) is 5.80. The molecule has 0 radical (unpaired) electrons. The smallest absolute Gasteiger partial charge is 0.224 e. The van der Waals surface area contributed by atoms with Crippen LogP contribution in [0.2, 0.25) is 0 Å². The maximum atomic E-state index is 11.8. The Labute approximate surface area is 127 Å². The van der Waals surface area contributed by atoms with Crippen molar-refractivity contribution >= 4 is 18.3 Å². The van der Waals surface area contributed by atoms with Crippen LogP contribution >= 0.6 is 12.4 Å². The molecular weight excluding hydrogens is 276 g/mol. The van der Waals surface area contributed by atoms with E-state index in [4.69, 9.17) is 10.5 Å². The van der Waals surface area contributed by atoms with Crippen LogP contribution in [0.4, 0.5) is 0 Å². The van der Waals surface area contributed by atoms with Crippen LogP contribution in [0.15, 0.2) is 24.3 Å². The standard InChI is InChI=1S/C15H24N2O2.ClH/c1-10(2)19-14-7-5-6-13(8-14)12(4)17-15(18)11(3)9-16;/h5-8,10-12H,9,16H2,1-4H3,(H,17,18);1H. The zero-order chi connectivity index (χ0) is 14.4. The van der Waals surface area contributed by atoms with Crippen LogP contribution in [-0.4, -0.2) is 18.6 Å². The summed E-state index contributed by atoms with van der Waals surface area (Å²) in [7, 11) is 0. The van der Waals surface area contributed by atoms with Gasteiger partial charge in [0.2, 0.25) is 5.91 Å². The second-order valence-corrected chi connectivity index (χ2v) is 5.11. The average molecular weight is 301 g/mol. The molecule has 1 aromatic carbocycles. The summed E-state index contributed by atoms with van der Waals surface area (Å²) < 4.78 is 5.65. The SMILES string of the molecule is CC(C)Oc1cccc(C(C)NC(=O)C(C)CN)c1.Cl. The summed E-state index contributed by atoms with van der Waals surface area (Å²) in [5.41, 5.74) is 6.51. The molecule has 0 aromatic heterocycles. The second kappa shape index (κ2) is 8.82. The summed E-state index contributed by atoms with van der Waals surface area (Å²) in [6, 6.07) is 7.73. The summed E-state index contributed by atoms with van der Waals surface area (Å²) in [4.78, 5) is 11.8. The molecule has 4 nitrogen and oxygen atoms in total. The summed E-state index contributed by atoms with van der Waals surface area (Å²) in [5.74, 6) is 0.628. The third-order valence-corrected chi connectivity index (χ3v) is 2.89. The van der Waals surface area contributed by atoms with Gasteiger partial charge in [-0.05, 0) is 38.5 Å². The van der Waals surface area contributed by atoms with Gasteiger partial charge in [0, 0.05) is 12.5 Å². The predicted octanol–water partition coefficient (Wildman–Crippen LogP) is 2.67. The molecule has 0 saturated carbocycles. The van der Waals surface area contributed by atoms with Gasteiger partial charge in [0.15, 0.2) is 0 Å². The van der Waals surface area contributed by atoms with E-state index in [0.717, 1.165) is 11.3 Å². The Kier molecular flexibility index (Phi) is 8.26. The number of nitrogens with two attached hydrogens (primary N) is 1. The molecule has 114 valence electrons. The Morgan fingerprint density at radius 3 is 2.50 bits per heavy atom. The second-order valence-electron chi connectivity index (χ2n) is 5.11. The Hall–Kier alpha value is -1.26. The van der Waals surface area contributed by atoms with Gasteiger partial charge < -0.3 is 15.8 Å². The van der Waals surface area contributed by atoms with Crippen LogP contribution < -0.4 is 15.8 Å². The van der Waals surface area contributed by atoms with Crippen LogP contribution in [0.25, 0.3) is 0 Å². The fraction of sp³-hybridized carbons (Fsp3) is 0.533. The van der Waals surface area contributed by atoms with Gasteiger partial charge >= 0.3 is 0 Å². The molecule has 0 bridgehead atoms. The van der Waals surface area contributed by atoms with Crippen molar-refractivity contribution in [1.29, 1.82) is 0 Å². The maximum Gasteiger partial charge on any atom is 0.224 e. The van der Waals surface area contributed by atoms with Crippen molar-refractivity contribution in [3.8, 4) is 5.75 Å². The zero-order valence-corrected chi connectivity index (χ0v) is 13.4. The molecule has 0 heterocycles. The largest absolute Gasteiger partial charge is 0.491 e. The normalized spacial score (nSPS) is 13.3. The van der Waals surface area contributed by atoms with Crippen LogP contribution in [0.3, 0.4) is 0 Å². The first kappa shape index (κ1) is 18.7. The molecule has 5 heteroatoms. The van der Waals surface area contributed by atoms with Crippen LogP contribution in [-0.2, 0) is 4.79 Å². The first-order valence-corrected chi connectivity index (χ1v) is 6.71. The number of carbonyl (C=O) groups is 1. The van der Waals surface area contributed by atoms with E-state index in [1.54, 1.807) is 0 Å². The monoisotopic (exact) mass is 300 g/mol. The van der Waals surface area contributed by atoms with E-state index in [0.29, 0.717) is 6.54 Å². The van der Waals surface area contributed by atoms with Gasteiger partial charge in [-0.2, -0.15) is 0 Å². The molecular formula is C15H25ClN2O2. The maximum absolute atomic E-state index is 11.8. The lowest BCUT2D eigenvalue weighted by molar-refractivity contribution is -0.124. The van der Waals surface area contributed by atoms with Crippen molar-refractivity contribution in [2.75, 3.05) is 6.54 Å². The molecule has 0 aliphatic carbocycles. The van der Waals surface area contributed by atoms with E-state index in [9.17, 15) is 4.79 Å². The van der Waals surface area contributed by atoms with Crippen molar-refractivity contribution in [1.82, 2.24) is 5.32 Å². The third-order valence-electron chi connectivity index (χ3n) is 2.89. The number of hydrogen-bond acceptors (Lipinski definition) is 3. The summed E-state index contributed by atoms with van der Waals surface area (Å²) in [5, 5.41) is 2.95. The number of amides is 1. The minimum Gasteiger partial charge on any atom is -0.491 e. The zero-order valence-electron chi connectivity index (χ0n) is 12.6. The highest BCUT2D eigenvalue weighted by Gasteiger charge is 2.15. The fourth-order valence-corrected chi connectivity index (χ4v) is 1.68. The van der Waals surface area contributed by atoms with Crippen molar-refractivity contribution in [3.63, 3.8) is 0 Å². The predicted molar refractivity (Wildman–Crippen MR) is 84.2 cm³/mol. The number of benzene rings is 1. The lowest BCUT2D eigenvalue weighted by atomic mass is 10.1. The fourth-order valence-electron chi connectivity index (χ4n) is 1.68. The van der Waals surface area contributed by atoms with Crippen molar-refractivity contribution < 1.29 is 9.53 Å². The van der Waals surface area contributed by atoms with Crippen LogP contribution in [0.5, 0.6) is 5.75 Å². The molecule has 20 heavy (non-hydrogen) atoms. The number of ether oxygens (including phenoxy) is 1. The minimum absolute atomic E-state index is 0. The highest BCUT2D eigenvalue weighted by molar-refractivity contribution is 5.85. The Morgan fingerprint density at radius 1 is 1.30 bits per heavy atom. The van der Waals surface area contributed by atoms with Crippen LogP contribution in [0, 0.1) is 5.92 Å². The van der Waals surface area contributed by atoms with Gasteiger partial charge in [0.25, 0.3) is 0 Å². The molecule has 1 amide bonds. The van der Waals surface area contributed by atoms with Gasteiger partial charge in [-0.15, -0.1) is 12.4 Å². The van der Waals surface area contributed by atoms with Gasteiger partial charge in [0.05, 0.1) is 12.1 Å². The Balaban J connectivity index is 0.00000361. The highest BCUT2D eigenvalue weighted by Crippen LogP contribution is 2.20. The molecule has 2 atom stereocenters. The van der Waals surface area contributed by atoms with E-state index in [1.165, 1.54) is 0 Å². The summed E-state index contributed by atoms with van der Waals surface area (Å²) in [6.07, 6.45) is 0.136. The van der Waals surface area contributed by atoms with E-state index in [2.05, 4.69) is 5.32 Å². The van der Waals surface area contributed by atoms with Crippen molar-refractivity contribution in [3.05, 3.63) is 29.8 Å². The molecule has 0 aliphatic heterocycles. The lowest BCUT2D eigenvalue weighted by Crippen LogP contribution is -2.34. The molecule has 1 aromatic rings. The topological polar surface area (TPSA) is 64.3 Å². The number of rotatable bonds is 6. The van der Waals surface area contributed by atoms with E-state index >= 15 is 0 Å². The van der Waals surface area contributed by atoms with Gasteiger partial charge in [-0.1, -0.05) is 19.1 Å². The van der Waals surface area contributed by atoms with E-state index in [1.807, 2.05) is 52.0 Å². The van der Waals surface area contributed by atoms with Crippen LogP contribution in [0.1, 0.15) is 39.3 Å². The quantitative estimate of drug-likeness (QED) is 0.849. The van der Waals surface area contributed by atoms with E-state index < -0.39 is 0 Å². The molecule has 0 saturated heterocycles. The Morgan fingerprint density at radius 2 is 1.95 bits per heavy atom. The molecule has 0 spiro atoms. The molecule has 3 N–H and O–H groups in total. The molecule has 2 unspecified atom stereocenters. The Bertz CT molecular complexity index is 424. The van der Waals surface area contributed by atoms with E-state index in [-0.39, 0.29) is 36.4 Å². The first-order chi connectivity index (χ1) is 8.93. The van der Waals surface area contributed by atoms with Crippen molar-refractivity contribution in [2.24, 2.45) is 11.7 Å². The number of carbonyl (C=O) groups excluding carboxylic acids is 1. The number of hydrogen-bond donors (Lipinski definition) is 2. The summed E-state index contributed by atoms with van der Waals surface area (Å²) >= 11 is 0. The summed E-state index contributed by atoms with van der Waals surface area (Å²) in [6.45, 7) is 8.10. The van der Waals surface area contributed by atoms with Gasteiger partial charge in [0.1, 0.15) is 5.75 Å². The number of nitrogens with one attached hydrogen (secondary N) is 1. The first-order valence-electron chi connectivity index (χ1n) is 6.71. The van der Waals surface area contributed by atoms with Gasteiger partial charge in [-0.25, -0.2) is 0 Å². The number of halogens is 1. The molecule has 0 aliphatic rings. The lowest BCUT2D eigenvalue weighted by Gasteiger charge is -2.18.